The molecule has 0 radical (unpaired) electrons. The molecule has 1 saturated carbocycles. The van der Waals surface area contributed by atoms with Gasteiger partial charge in [0.1, 0.15) is 0 Å². The molecule has 0 heterocycles. The first-order valence-electron chi connectivity index (χ1n) is 5.33. The monoisotopic (exact) mass is 199 g/mol. The van der Waals surface area contributed by atoms with Gasteiger partial charge >= 0.3 is 0 Å². The van der Waals surface area contributed by atoms with Gasteiger partial charge in [-0.3, -0.25) is 4.79 Å². The van der Waals surface area contributed by atoms with Crippen LogP contribution in [0.1, 0.15) is 26.2 Å². The fourth-order valence-electron chi connectivity index (χ4n) is 1.21. The number of nitrogens with zero attached hydrogens (tertiary/aromatic N) is 1. The molecule has 0 spiro atoms. The van der Waals surface area contributed by atoms with Crippen molar-refractivity contribution in [3.63, 3.8) is 0 Å². The van der Waals surface area contributed by atoms with Crippen molar-refractivity contribution in [1.29, 1.82) is 0 Å². The number of rotatable bonds is 6. The van der Waals surface area contributed by atoms with Crippen molar-refractivity contribution in [1.82, 2.24) is 10.2 Å². The van der Waals surface area contributed by atoms with E-state index in [9.17, 15) is 4.79 Å². The van der Waals surface area contributed by atoms with Gasteiger partial charge in [0.05, 0.1) is 0 Å². The Morgan fingerprint density at radius 3 is 2.79 bits per heavy atom. The minimum Gasteiger partial charge on any atom is -0.353 e. The summed E-state index contributed by atoms with van der Waals surface area (Å²) in [6.07, 6.45) is 2.89. The molecule has 82 valence electrons. The summed E-state index contributed by atoms with van der Waals surface area (Å²) in [4.78, 5) is 13.5. The van der Waals surface area contributed by atoms with Gasteiger partial charge in [0.2, 0.25) is 5.91 Å². The highest BCUT2D eigenvalue weighted by molar-refractivity contribution is 5.76. The quantitative estimate of drug-likeness (QED) is 0.630. The van der Waals surface area contributed by atoms with Crippen molar-refractivity contribution < 1.29 is 4.79 Å². The van der Waals surface area contributed by atoms with Crippen LogP contribution in [-0.4, -0.2) is 43.0 Å². The normalized spacial score (nSPS) is 18.3. The summed E-state index contributed by atoms with van der Waals surface area (Å²) in [5, 5.41) is 2.97. The van der Waals surface area contributed by atoms with Gasteiger partial charge < -0.3 is 16.0 Å². The smallest absolute Gasteiger partial charge is 0.221 e. The zero-order valence-corrected chi connectivity index (χ0v) is 9.12. The zero-order chi connectivity index (χ0) is 10.6. The summed E-state index contributed by atoms with van der Waals surface area (Å²) in [6.45, 7) is 3.50. The van der Waals surface area contributed by atoms with Gasteiger partial charge in [0.15, 0.2) is 0 Å². The summed E-state index contributed by atoms with van der Waals surface area (Å²) in [6, 6.07) is 0.823. The average molecular weight is 199 g/mol. The predicted octanol–water partition coefficient (Wildman–Crippen LogP) is -0.0659. The molecule has 0 saturated heterocycles. The topological polar surface area (TPSA) is 58.4 Å². The number of carbonyl (C=O) groups is 1. The zero-order valence-electron chi connectivity index (χ0n) is 9.12. The van der Waals surface area contributed by atoms with Crippen LogP contribution in [-0.2, 0) is 4.79 Å². The van der Waals surface area contributed by atoms with Crippen molar-refractivity contribution in [2.75, 3.05) is 20.1 Å². The lowest BCUT2D eigenvalue weighted by Gasteiger charge is -2.22. The fraction of sp³-hybridized carbons (Fsp3) is 0.900. The van der Waals surface area contributed by atoms with E-state index in [0.717, 1.165) is 19.4 Å². The van der Waals surface area contributed by atoms with E-state index >= 15 is 0 Å². The molecular formula is C10H21N3O. The Kier molecular flexibility index (Phi) is 4.35. The largest absolute Gasteiger partial charge is 0.353 e. The molecule has 1 atom stereocenters. The minimum atomic E-state index is 0.170. The molecule has 0 aromatic heterocycles. The molecule has 1 rings (SSSR count). The molecule has 0 bridgehead atoms. The van der Waals surface area contributed by atoms with Crippen LogP contribution in [0.5, 0.6) is 0 Å². The Morgan fingerprint density at radius 2 is 2.29 bits per heavy atom. The maximum Gasteiger partial charge on any atom is 0.221 e. The Bertz CT molecular complexity index is 192. The standard InChI is InChI=1S/C10H21N3O/c1-8(7-11)13(2)6-5-10(14)12-9-3-4-9/h8-9H,3-7,11H2,1-2H3,(H,12,14). The SMILES string of the molecule is CC(CN)N(C)CCC(=O)NC1CC1. The molecule has 4 nitrogen and oxygen atoms in total. The van der Waals surface area contributed by atoms with Gasteiger partial charge in [-0.2, -0.15) is 0 Å². The van der Waals surface area contributed by atoms with E-state index in [1.165, 1.54) is 0 Å². The Morgan fingerprint density at radius 1 is 1.64 bits per heavy atom. The maximum atomic E-state index is 11.3. The van der Waals surface area contributed by atoms with Gasteiger partial charge in [-0.05, 0) is 26.8 Å². The third-order valence-electron chi connectivity index (χ3n) is 2.73. The number of amides is 1. The van der Waals surface area contributed by atoms with Crippen LogP contribution in [0.3, 0.4) is 0 Å². The fourth-order valence-corrected chi connectivity index (χ4v) is 1.21. The number of likely N-dealkylation sites (N-methyl/N-ethyl adjacent to an activating group) is 1. The lowest BCUT2D eigenvalue weighted by molar-refractivity contribution is -0.121. The highest BCUT2D eigenvalue weighted by Crippen LogP contribution is 2.18. The molecule has 0 aromatic rings. The third-order valence-corrected chi connectivity index (χ3v) is 2.73. The van der Waals surface area contributed by atoms with Crippen molar-refractivity contribution in [2.24, 2.45) is 5.73 Å². The van der Waals surface area contributed by atoms with Crippen molar-refractivity contribution in [3.05, 3.63) is 0 Å². The second-order valence-electron chi connectivity index (χ2n) is 4.16. The molecule has 1 aliphatic rings. The highest BCUT2D eigenvalue weighted by atomic mass is 16.1. The van der Waals surface area contributed by atoms with Crippen LogP contribution in [0.15, 0.2) is 0 Å². The molecule has 3 N–H and O–H groups in total. The highest BCUT2D eigenvalue weighted by Gasteiger charge is 2.23. The van der Waals surface area contributed by atoms with E-state index in [1.54, 1.807) is 0 Å². The van der Waals surface area contributed by atoms with Crippen LogP contribution >= 0.6 is 0 Å². The minimum absolute atomic E-state index is 0.170. The average Bonchev–Trinajstić information content (AvgIpc) is 2.96. The van der Waals surface area contributed by atoms with Gasteiger partial charge in [-0.15, -0.1) is 0 Å². The van der Waals surface area contributed by atoms with E-state index in [1.807, 2.05) is 7.05 Å². The van der Waals surface area contributed by atoms with Crippen LogP contribution < -0.4 is 11.1 Å². The molecule has 14 heavy (non-hydrogen) atoms. The van der Waals surface area contributed by atoms with Crippen LogP contribution in [0.2, 0.25) is 0 Å². The first-order valence-corrected chi connectivity index (χ1v) is 5.33. The van der Waals surface area contributed by atoms with E-state index in [0.29, 0.717) is 25.0 Å². The van der Waals surface area contributed by atoms with E-state index in [4.69, 9.17) is 5.73 Å². The van der Waals surface area contributed by atoms with Crippen molar-refractivity contribution in [3.8, 4) is 0 Å². The number of nitrogens with two attached hydrogens (primary N) is 1. The first-order chi connectivity index (χ1) is 6.63. The maximum absolute atomic E-state index is 11.3. The summed E-state index contributed by atoms with van der Waals surface area (Å²) < 4.78 is 0. The summed E-state index contributed by atoms with van der Waals surface area (Å²) in [7, 11) is 2.00. The van der Waals surface area contributed by atoms with E-state index < -0.39 is 0 Å². The number of hydrogen-bond donors (Lipinski definition) is 2. The Hall–Kier alpha value is -0.610. The summed E-state index contributed by atoms with van der Waals surface area (Å²) in [5.74, 6) is 0.170. The summed E-state index contributed by atoms with van der Waals surface area (Å²) in [5.41, 5.74) is 5.53. The molecule has 0 aromatic carbocycles. The second kappa shape index (κ2) is 5.32. The van der Waals surface area contributed by atoms with Crippen LogP contribution in [0.25, 0.3) is 0 Å². The Labute approximate surface area is 85.8 Å². The third kappa shape index (κ3) is 4.07. The number of nitrogens with one attached hydrogen (secondary N) is 1. The van der Waals surface area contributed by atoms with Gasteiger partial charge in [0, 0.05) is 31.6 Å². The molecule has 1 aliphatic carbocycles. The number of carbonyl (C=O) groups excluding carboxylic acids is 1. The number of hydrogen-bond acceptors (Lipinski definition) is 3. The van der Waals surface area contributed by atoms with Crippen LogP contribution in [0, 0.1) is 0 Å². The molecule has 0 aliphatic heterocycles. The van der Waals surface area contributed by atoms with Crippen LogP contribution in [0.4, 0.5) is 0 Å². The Balaban J connectivity index is 2.08. The first kappa shape index (κ1) is 11.5. The van der Waals surface area contributed by atoms with Crippen molar-refractivity contribution in [2.45, 2.75) is 38.3 Å². The lowest BCUT2D eigenvalue weighted by atomic mass is 10.2. The molecular weight excluding hydrogens is 178 g/mol. The van der Waals surface area contributed by atoms with Gasteiger partial charge in [-0.25, -0.2) is 0 Å². The predicted molar refractivity (Wildman–Crippen MR) is 56.9 cm³/mol. The van der Waals surface area contributed by atoms with E-state index in [-0.39, 0.29) is 5.91 Å². The lowest BCUT2D eigenvalue weighted by Crippen LogP contribution is -2.38. The molecule has 4 heteroatoms. The molecule has 1 amide bonds. The second-order valence-corrected chi connectivity index (χ2v) is 4.16. The molecule has 1 fully saturated rings. The molecule has 1 unspecified atom stereocenters. The van der Waals surface area contributed by atoms with Gasteiger partial charge in [-0.1, -0.05) is 0 Å². The van der Waals surface area contributed by atoms with E-state index in [2.05, 4.69) is 17.1 Å². The van der Waals surface area contributed by atoms with Gasteiger partial charge in [0.25, 0.3) is 0 Å². The summed E-state index contributed by atoms with van der Waals surface area (Å²) >= 11 is 0. The van der Waals surface area contributed by atoms with Crippen molar-refractivity contribution >= 4 is 5.91 Å².